The molecule has 0 aromatic heterocycles. The zero-order valence-corrected chi connectivity index (χ0v) is 9.69. The van der Waals surface area contributed by atoms with Gasteiger partial charge in [-0.05, 0) is 38.5 Å². The van der Waals surface area contributed by atoms with Gasteiger partial charge in [0.15, 0.2) is 0 Å². The molecule has 1 amide bonds. The smallest absolute Gasteiger partial charge is 0.226 e. The lowest BCUT2D eigenvalue weighted by Crippen LogP contribution is -2.69. The largest absolute Gasteiger partial charge is 0.336 e. The van der Waals surface area contributed by atoms with Gasteiger partial charge >= 0.3 is 0 Å². The van der Waals surface area contributed by atoms with Gasteiger partial charge < -0.3 is 10.2 Å². The number of carbonyl (C=O) groups is 1. The predicted molar refractivity (Wildman–Crippen MR) is 60.9 cm³/mol. The molecular formula is C13H20N2O. The second-order valence-corrected chi connectivity index (χ2v) is 6.18. The van der Waals surface area contributed by atoms with Crippen LogP contribution in [0.1, 0.15) is 44.9 Å². The number of nitrogens with one attached hydrogen (secondary N) is 1. The van der Waals surface area contributed by atoms with E-state index in [0.717, 1.165) is 12.8 Å². The van der Waals surface area contributed by atoms with Gasteiger partial charge in [-0.1, -0.05) is 6.42 Å². The number of hydrogen-bond acceptors (Lipinski definition) is 2. The number of hydrogen-bond donors (Lipinski definition) is 1. The molecule has 16 heavy (non-hydrogen) atoms. The standard InChI is InChI=1S/C13H20N2O/c16-13(8-2-1-3-8)15-11-4-9-5-12(15)7-10(6-11)14-9/h8-12,14H,1-7H2. The molecule has 88 valence electrons. The van der Waals surface area contributed by atoms with Crippen LogP contribution in [0.2, 0.25) is 0 Å². The molecule has 5 fully saturated rings. The summed E-state index contributed by atoms with van der Waals surface area (Å²) in [7, 11) is 0. The van der Waals surface area contributed by atoms with Gasteiger partial charge in [0.2, 0.25) is 5.91 Å². The van der Waals surface area contributed by atoms with Gasteiger partial charge in [0, 0.05) is 30.1 Å². The topological polar surface area (TPSA) is 32.3 Å². The van der Waals surface area contributed by atoms with Crippen molar-refractivity contribution in [3.05, 3.63) is 0 Å². The van der Waals surface area contributed by atoms with Crippen molar-refractivity contribution < 1.29 is 4.79 Å². The third-order valence-corrected chi connectivity index (χ3v) is 5.19. The van der Waals surface area contributed by atoms with E-state index in [-0.39, 0.29) is 0 Å². The highest BCUT2D eigenvalue weighted by Gasteiger charge is 2.49. The van der Waals surface area contributed by atoms with Gasteiger partial charge in [0.1, 0.15) is 0 Å². The molecule has 5 rings (SSSR count). The van der Waals surface area contributed by atoms with Gasteiger partial charge in [-0.15, -0.1) is 0 Å². The van der Waals surface area contributed by atoms with Crippen molar-refractivity contribution in [2.24, 2.45) is 5.92 Å². The number of carbonyl (C=O) groups excluding carboxylic acids is 1. The van der Waals surface area contributed by atoms with Crippen molar-refractivity contribution in [1.82, 2.24) is 10.2 Å². The highest BCUT2D eigenvalue weighted by Crippen LogP contribution is 2.41. The Morgan fingerprint density at radius 1 is 1.00 bits per heavy atom. The molecule has 4 bridgehead atoms. The van der Waals surface area contributed by atoms with Crippen LogP contribution in [0.15, 0.2) is 0 Å². The number of rotatable bonds is 1. The Morgan fingerprint density at radius 2 is 1.56 bits per heavy atom. The highest BCUT2D eigenvalue weighted by molar-refractivity contribution is 5.80. The van der Waals surface area contributed by atoms with E-state index in [9.17, 15) is 4.79 Å². The monoisotopic (exact) mass is 220 g/mol. The van der Waals surface area contributed by atoms with Crippen LogP contribution < -0.4 is 5.32 Å². The van der Waals surface area contributed by atoms with Crippen molar-refractivity contribution in [2.75, 3.05) is 0 Å². The molecule has 1 aliphatic carbocycles. The zero-order chi connectivity index (χ0) is 10.7. The summed E-state index contributed by atoms with van der Waals surface area (Å²) in [5, 5.41) is 3.69. The van der Waals surface area contributed by atoms with E-state index in [0.29, 0.717) is 36.0 Å². The van der Waals surface area contributed by atoms with Crippen molar-refractivity contribution in [3.63, 3.8) is 0 Å². The van der Waals surface area contributed by atoms with E-state index in [2.05, 4.69) is 10.2 Å². The van der Waals surface area contributed by atoms with Crippen LogP contribution in [0.4, 0.5) is 0 Å². The Balaban J connectivity index is 1.57. The summed E-state index contributed by atoms with van der Waals surface area (Å²) in [6.45, 7) is 0. The van der Waals surface area contributed by atoms with Crippen molar-refractivity contribution >= 4 is 5.91 Å². The SMILES string of the molecule is O=C(C1CCC1)N1C2CC3CC1CC(C2)N3. The fourth-order valence-corrected chi connectivity index (χ4v) is 4.28. The van der Waals surface area contributed by atoms with E-state index in [1.165, 1.54) is 32.1 Å². The lowest BCUT2D eigenvalue weighted by Gasteiger charge is -2.57. The van der Waals surface area contributed by atoms with Crippen molar-refractivity contribution in [3.8, 4) is 0 Å². The molecular weight excluding hydrogens is 200 g/mol. The van der Waals surface area contributed by atoms with Crippen molar-refractivity contribution in [2.45, 2.75) is 69.1 Å². The fraction of sp³-hybridized carbons (Fsp3) is 0.923. The first-order valence-corrected chi connectivity index (χ1v) is 6.89. The van der Waals surface area contributed by atoms with Gasteiger partial charge in [0.05, 0.1) is 0 Å². The maximum absolute atomic E-state index is 12.4. The van der Waals surface area contributed by atoms with E-state index >= 15 is 0 Å². The normalized spacial score (nSPS) is 45.9. The molecule has 0 atom stereocenters. The Bertz CT molecular complexity index is 296. The predicted octanol–water partition coefficient (Wildman–Crippen LogP) is 1.28. The van der Waals surface area contributed by atoms with Gasteiger partial charge in [-0.2, -0.15) is 0 Å². The average molecular weight is 220 g/mol. The van der Waals surface area contributed by atoms with E-state index in [4.69, 9.17) is 0 Å². The Kier molecular flexibility index (Phi) is 1.90. The summed E-state index contributed by atoms with van der Waals surface area (Å²) in [5.74, 6) is 0.894. The average Bonchev–Trinajstić information content (AvgIpc) is 2.12. The van der Waals surface area contributed by atoms with Gasteiger partial charge in [0.25, 0.3) is 0 Å². The molecule has 4 aliphatic heterocycles. The van der Waals surface area contributed by atoms with E-state index in [1.54, 1.807) is 0 Å². The molecule has 0 aromatic rings. The van der Waals surface area contributed by atoms with Crippen LogP contribution in [0.3, 0.4) is 0 Å². The molecule has 1 saturated carbocycles. The fourth-order valence-electron chi connectivity index (χ4n) is 4.28. The summed E-state index contributed by atoms with van der Waals surface area (Å²) >= 11 is 0. The van der Waals surface area contributed by atoms with Crippen LogP contribution in [0.5, 0.6) is 0 Å². The molecule has 4 heterocycles. The minimum atomic E-state index is 0.394. The van der Waals surface area contributed by atoms with Crippen LogP contribution >= 0.6 is 0 Å². The van der Waals surface area contributed by atoms with Crippen LogP contribution in [0.25, 0.3) is 0 Å². The Hall–Kier alpha value is -0.570. The third kappa shape index (κ3) is 1.21. The summed E-state index contributed by atoms with van der Waals surface area (Å²) in [6.07, 6.45) is 8.43. The Morgan fingerprint density at radius 3 is 2.00 bits per heavy atom. The number of amides is 1. The molecule has 0 unspecified atom stereocenters. The minimum absolute atomic E-state index is 0.394. The van der Waals surface area contributed by atoms with E-state index < -0.39 is 0 Å². The quantitative estimate of drug-likeness (QED) is 0.722. The number of nitrogens with zero attached hydrogens (tertiary/aromatic N) is 1. The first-order valence-electron chi connectivity index (χ1n) is 6.89. The molecule has 4 saturated heterocycles. The first-order chi connectivity index (χ1) is 7.81. The maximum Gasteiger partial charge on any atom is 0.226 e. The Labute approximate surface area is 96.6 Å². The number of piperidine rings is 4. The summed E-state index contributed by atoms with van der Waals surface area (Å²) in [4.78, 5) is 14.7. The van der Waals surface area contributed by atoms with Crippen LogP contribution in [0, 0.1) is 5.92 Å². The lowest BCUT2D eigenvalue weighted by molar-refractivity contribution is -0.152. The summed E-state index contributed by atoms with van der Waals surface area (Å²) in [5.41, 5.74) is 0. The lowest BCUT2D eigenvalue weighted by atomic mass is 9.73. The summed E-state index contributed by atoms with van der Waals surface area (Å²) in [6, 6.07) is 2.59. The third-order valence-electron chi connectivity index (χ3n) is 5.19. The minimum Gasteiger partial charge on any atom is -0.336 e. The molecule has 0 spiro atoms. The van der Waals surface area contributed by atoms with Gasteiger partial charge in [-0.3, -0.25) is 4.79 Å². The molecule has 3 heteroatoms. The maximum atomic E-state index is 12.4. The zero-order valence-electron chi connectivity index (χ0n) is 9.69. The molecule has 3 nitrogen and oxygen atoms in total. The van der Waals surface area contributed by atoms with Crippen molar-refractivity contribution in [1.29, 1.82) is 0 Å². The van der Waals surface area contributed by atoms with Gasteiger partial charge in [-0.25, -0.2) is 0 Å². The first kappa shape index (κ1) is 9.46. The molecule has 1 N–H and O–H groups in total. The van der Waals surface area contributed by atoms with Crippen LogP contribution in [-0.4, -0.2) is 35.0 Å². The second kappa shape index (κ2) is 3.22. The summed E-state index contributed by atoms with van der Waals surface area (Å²) < 4.78 is 0. The highest BCUT2D eigenvalue weighted by atomic mass is 16.2. The molecule has 0 radical (unpaired) electrons. The molecule has 5 aliphatic rings. The molecule has 0 aromatic carbocycles. The van der Waals surface area contributed by atoms with Crippen LogP contribution in [-0.2, 0) is 4.79 Å². The second-order valence-electron chi connectivity index (χ2n) is 6.18. The van der Waals surface area contributed by atoms with E-state index in [1.807, 2.05) is 0 Å².